The molecule has 0 bridgehead atoms. The molecule has 3 rings (SSSR count). The first kappa shape index (κ1) is 21.8. The van der Waals surface area contributed by atoms with Gasteiger partial charge in [-0.2, -0.15) is 5.10 Å². The highest BCUT2D eigenvalue weighted by Gasteiger charge is 2.24. The molecule has 1 aliphatic heterocycles. The van der Waals surface area contributed by atoms with Crippen molar-refractivity contribution in [1.82, 2.24) is 19.4 Å². The van der Waals surface area contributed by atoms with Crippen LogP contribution in [0, 0.1) is 19.8 Å². The van der Waals surface area contributed by atoms with Crippen LogP contribution in [0.1, 0.15) is 36.7 Å². The van der Waals surface area contributed by atoms with Crippen molar-refractivity contribution in [3.63, 3.8) is 0 Å². The second-order valence-corrected chi connectivity index (χ2v) is 9.50. The number of piperidine rings is 1. The summed E-state index contributed by atoms with van der Waals surface area (Å²) in [5, 5.41) is 4.62. The summed E-state index contributed by atoms with van der Waals surface area (Å²) in [4.78, 5) is 2.69. The number of rotatable bonds is 8. The molecule has 8 heteroatoms. The van der Waals surface area contributed by atoms with Gasteiger partial charge in [0.25, 0.3) is 0 Å². The number of benzene rings is 1. The van der Waals surface area contributed by atoms with E-state index in [0.717, 1.165) is 44.7 Å². The van der Waals surface area contributed by atoms with Crippen molar-refractivity contribution in [3.8, 4) is 5.75 Å². The van der Waals surface area contributed by atoms with Gasteiger partial charge in [-0.25, -0.2) is 13.1 Å². The average Bonchev–Trinajstić information content (AvgIpc) is 3.00. The zero-order chi connectivity index (χ0) is 21.0. The van der Waals surface area contributed by atoms with Crippen LogP contribution in [0.3, 0.4) is 0 Å². The Morgan fingerprint density at radius 2 is 1.97 bits per heavy atom. The van der Waals surface area contributed by atoms with Gasteiger partial charge < -0.3 is 4.74 Å². The number of hydrogen-bond acceptors (Lipinski definition) is 5. The van der Waals surface area contributed by atoms with Crippen LogP contribution in [-0.4, -0.2) is 49.8 Å². The monoisotopic (exact) mass is 420 g/mol. The lowest BCUT2D eigenvalue weighted by atomic mass is 9.97. The van der Waals surface area contributed by atoms with Gasteiger partial charge >= 0.3 is 0 Å². The SMILES string of the molecule is CCn1nc(C)c(CN2CCC[C@@H](CNS(=O)(=O)c3ccc(OC)cc3)C2)c1C. The summed E-state index contributed by atoms with van der Waals surface area (Å²) in [5.74, 6) is 0.947. The molecule has 1 fully saturated rings. The van der Waals surface area contributed by atoms with Gasteiger partial charge in [-0.3, -0.25) is 9.58 Å². The van der Waals surface area contributed by atoms with Gasteiger partial charge in [-0.15, -0.1) is 0 Å². The number of likely N-dealkylation sites (tertiary alicyclic amines) is 1. The fourth-order valence-electron chi connectivity index (χ4n) is 4.02. The first-order valence-electron chi connectivity index (χ1n) is 10.2. The quantitative estimate of drug-likeness (QED) is 0.711. The van der Waals surface area contributed by atoms with E-state index in [9.17, 15) is 8.42 Å². The van der Waals surface area contributed by atoms with Gasteiger partial charge in [-0.05, 0) is 70.3 Å². The van der Waals surface area contributed by atoms with Crippen molar-refractivity contribution in [1.29, 1.82) is 0 Å². The summed E-state index contributed by atoms with van der Waals surface area (Å²) in [6, 6.07) is 6.48. The summed E-state index contributed by atoms with van der Waals surface area (Å²) in [5.41, 5.74) is 3.62. The molecular formula is C21H32N4O3S. The Kier molecular flexibility index (Phi) is 6.97. The van der Waals surface area contributed by atoms with Crippen molar-refractivity contribution in [3.05, 3.63) is 41.2 Å². The molecule has 0 radical (unpaired) electrons. The van der Waals surface area contributed by atoms with E-state index in [2.05, 4.69) is 40.2 Å². The topological polar surface area (TPSA) is 76.5 Å². The van der Waals surface area contributed by atoms with Gasteiger partial charge in [0.2, 0.25) is 10.0 Å². The molecule has 1 saturated heterocycles. The highest BCUT2D eigenvalue weighted by atomic mass is 32.2. The van der Waals surface area contributed by atoms with Gasteiger partial charge in [0.15, 0.2) is 0 Å². The van der Waals surface area contributed by atoms with Crippen LogP contribution < -0.4 is 9.46 Å². The Morgan fingerprint density at radius 3 is 2.59 bits per heavy atom. The van der Waals surface area contributed by atoms with Crippen LogP contribution in [0.2, 0.25) is 0 Å². The molecule has 1 N–H and O–H groups in total. The second-order valence-electron chi connectivity index (χ2n) is 7.74. The molecule has 0 aliphatic carbocycles. The smallest absolute Gasteiger partial charge is 0.240 e. The van der Waals surface area contributed by atoms with Crippen molar-refractivity contribution >= 4 is 10.0 Å². The molecule has 7 nitrogen and oxygen atoms in total. The van der Waals surface area contributed by atoms with Crippen LogP contribution in [0.4, 0.5) is 0 Å². The average molecular weight is 421 g/mol. The van der Waals surface area contributed by atoms with E-state index in [4.69, 9.17) is 4.74 Å². The molecule has 29 heavy (non-hydrogen) atoms. The maximum absolute atomic E-state index is 12.6. The van der Waals surface area contributed by atoms with E-state index >= 15 is 0 Å². The molecule has 0 spiro atoms. The van der Waals surface area contributed by atoms with Crippen molar-refractivity contribution < 1.29 is 13.2 Å². The number of ether oxygens (including phenoxy) is 1. The minimum Gasteiger partial charge on any atom is -0.497 e. The molecule has 160 valence electrons. The number of sulfonamides is 1. The zero-order valence-corrected chi connectivity index (χ0v) is 18.6. The summed E-state index contributed by atoms with van der Waals surface area (Å²) in [6.45, 7) is 10.4. The van der Waals surface area contributed by atoms with Crippen LogP contribution in [0.25, 0.3) is 0 Å². The molecule has 2 heterocycles. The Bertz CT molecular complexity index is 922. The number of hydrogen-bond donors (Lipinski definition) is 1. The first-order valence-corrected chi connectivity index (χ1v) is 11.7. The summed E-state index contributed by atoms with van der Waals surface area (Å²) >= 11 is 0. The van der Waals surface area contributed by atoms with E-state index in [-0.39, 0.29) is 4.90 Å². The highest BCUT2D eigenvalue weighted by Crippen LogP contribution is 2.22. The fourth-order valence-corrected chi connectivity index (χ4v) is 5.14. The standard InChI is InChI=1S/C21H32N4O3S/c1-5-25-17(3)21(16(2)23-25)15-24-12-6-7-18(14-24)13-22-29(26,27)20-10-8-19(28-4)9-11-20/h8-11,18,22H,5-7,12-15H2,1-4H3/t18-/m0/s1. The minimum atomic E-state index is -3.51. The molecule has 1 aromatic carbocycles. The third kappa shape index (κ3) is 5.18. The van der Waals surface area contributed by atoms with Crippen LogP contribution in [-0.2, 0) is 23.1 Å². The van der Waals surface area contributed by atoms with Gasteiger partial charge in [0.05, 0.1) is 17.7 Å². The maximum atomic E-state index is 12.6. The molecule has 0 saturated carbocycles. The minimum absolute atomic E-state index is 0.268. The Labute approximate surface area is 174 Å². The molecule has 0 unspecified atom stereocenters. The van der Waals surface area contributed by atoms with Crippen LogP contribution in [0.5, 0.6) is 5.75 Å². The lowest BCUT2D eigenvalue weighted by molar-refractivity contribution is 0.168. The fraction of sp³-hybridized carbons (Fsp3) is 0.571. The number of aryl methyl sites for hydroxylation is 2. The number of aromatic nitrogens is 2. The van der Waals surface area contributed by atoms with Gasteiger partial charge in [0.1, 0.15) is 5.75 Å². The third-order valence-corrected chi connectivity index (χ3v) is 7.19. The maximum Gasteiger partial charge on any atom is 0.240 e. The van der Waals surface area contributed by atoms with Gasteiger partial charge in [-0.1, -0.05) is 0 Å². The van der Waals surface area contributed by atoms with E-state index in [0.29, 0.717) is 18.2 Å². The van der Waals surface area contributed by atoms with Crippen molar-refractivity contribution in [2.24, 2.45) is 5.92 Å². The van der Waals surface area contributed by atoms with E-state index in [1.165, 1.54) is 11.3 Å². The molecule has 2 aromatic rings. The zero-order valence-electron chi connectivity index (χ0n) is 17.8. The Balaban J connectivity index is 1.59. The number of methoxy groups -OCH3 is 1. The molecule has 1 aromatic heterocycles. The Morgan fingerprint density at radius 1 is 1.24 bits per heavy atom. The molecule has 1 atom stereocenters. The molecular weight excluding hydrogens is 388 g/mol. The largest absolute Gasteiger partial charge is 0.497 e. The summed E-state index contributed by atoms with van der Waals surface area (Å²) in [7, 11) is -1.95. The first-order chi connectivity index (χ1) is 13.8. The molecule has 0 amide bonds. The Hall–Kier alpha value is -1.90. The molecule has 1 aliphatic rings. The van der Waals surface area contributed by atoms with Crippen molar-refractivity contribution in [2.45, 2.75) is 51.6 Å². The van der Waals surface area contributed by atoms with Crippen LogP contribution >= 0.6 is 0 Å². The van der Waals surface area contributed by atoms with E-state index in [1.54, 1.807) is 31.4 Å². The lowest BCUT2D eigenvalue weighted by Gasteiger charge is -2.32. The highest BCUT2D eigenvalue weighted by molar-refractivity contribution is 7.89. The lowest BCUT2D eigenvalue weighted by Crippen LogP contribution is -2.40. The number of nitrogens with zero attached hydrogens (tertiary/aromatic N) is 3. The van der Waals surface area contributed by atoms with E-state index < -0.39 is 10.0 Å². The van der Waals surface area contributed by atoms with Crippen LogP contribution in [0.15, 0.2) is 29.2 Å². The third-order valence-electron chi connectivity index (χ3n) is 5.75. The predicted molar refractivity (Wildman–Crippen MR) is 114 cm³/mol. The predicted octanol–water partition coefficient (Wildman–Crippen LogP) is 2.72. The van der Waals surface area contributed by atoms with E-state index in [1.807, 2.05) is 0 Å². The second kappa shape index (κ2) is 9.28. The number of nitrogens with one attached hydrogen (secondary N) is 1. The summed E-state index contributed by atoms with van der Waals surface area (Å²) < 4.78 is 35.1. The van der Waals surface area contributed by atoms with Crippen molar-refractivity contribution in [2.75, 3.05) is 26.7 Å². The van der Waals surface area contributed by atoms with Gasteiger partial charge in [0, 0.05) is 37.4 Å². The summed E-state index contributed by atoms with van der Waals surface area (Å²) in [6.07, 6.45) is 2.11. The normalized spacial score (nSPS) is 18.1.